The normalized spacial score (nSPS) is 16.9. The number of halogens is 3. The molecule has 6 heteroatoms. The van der Waals surface area contributed by atoms with Crippen molar-refractivity contribution in [3.8, 4) is 0 Å². The van der Waals surface area contributed by atoms with Crippen molar-refractivity contribution in [2.24, 2.45) is 0 Å². The van der Waals surface area contributed by atoms with E-state index in [1.54, 1.807) is 0 Å². The average molecular weight is 369 g/mol. The maximum Gasteiger partial charge on any atom is 0.106 e. The summed E-state index contributed by atoms with van der Waals surface area (Å²) in [6, 6.07) is 4.57. The van der Waals surface area contributed by atoms with Gasteiger partial charge in [0.15, 0.2) is 0 Å². The third kappa shape index (κ3) is 5.40. The molecule has 108 valence electrons. The van der Waals surface area contributed by atoms with Crippen molar-refractivity contribution in [3.05, 3.63) is 41.2 Å². The summed E-state index contributed by atoms with van der Waals surface area (Å²) in [6.45, 7) is 8.18. The van der Waals surface area contributed by atoms with Crippen LogP contribution in [0.2, 0.25) is 0 Å². The molecule has 0 radical (unpaired) electrons. The summed E-state index contributed by atoms with van der Waals surface area (Å²) < 4.78 is 0.888. The first kappa shape index (κ1) is 18.9. The van der Waals surface area contributed by atoms with Crippen LogP contribution < -0.4 is 5.32 Å². The van der Waals surface area contributed by atoms with Crippen molar-refractivity contribution in [2.45, 2.75) is 12.5 Å². The molecule has 0 spiro atoms. The molecule has 0 bridgehead atoms. The van der Waals surface area contributed by atoms with Gasteiger partial charge in [-0.3, -0.25) is 4.90 Å². The van der Waals surface area contributed by atoms with E-state index in [2.05, 4.69) is 43.8 Å². The Morgan fingerprint density at radius 3 is 2.58 bits per heavy atom. The van der Waals surface area contributed by atoms with Crippen LogP contribution in [0.4, 0.5) is 0 Å². The summed E-state index contributed by atoms with van der Waals surface area (Å²) in [5.41, 5.74) is 1.27. The van der Waals surface area contributed by atoms with E-state index < -0.39 is 0 Å². The van der Waals surface area contributed by atoms with Gasteiger partial charge in [-0.15, -0.1) is 31.4 Å². The molecule has 1 aromatic rings. The SMILES string of the molecule is C=CC[C@H](c1ccc(Br)nc1)N1CCNCC1.Cl.Cl. The molecule has 0 saturated carbocycles. The van der Waals surface area contributed by atoms with Crippen LogP contribution in [0.1, 0.15) is 18.0 Å². The molecule has 1 aromatic heterocycles. The topological polar surface area (TPSA) is 28.2 Å². The fourth-order valence-electron chi connectivity index (χ4n) is 2.23. The summed E-state index contributed by atoms with van der Waals surface area (Å²) >= 11 is 3.37. The van der Waals surface area contributed by atoms with Gasteiger partial charge in [-0.1, -0.05) is 12.1 Å². The fraction of sp³-hybridized carbons (Fsp3) is 0.462. The van der Waals surface area contributed by atoms with E-state index in [1.165, 1.54) is 5.56 Å². The molecule has 0 amide bonds. The smallest absolute Gasteiger partial charge is 0.106 e. The zero-order valence-electron chi connectivity index (χ0n) is 10.7. The summed E-state index contributed by atoms with van der Waals surface area (Å²) in [5.74, 6) is 0. The van der Waals surface area contributed by atoms with Gasteiger partial charge in [0.2, 0.25) is 0 Å². The highest BCUT2D eigenvalue weighted by atomic mass is 79.9. The highest BCUT2D eigenvalue weighted by Gasteiger charge is 2.20. The molecule has 1 aliphatic heterocycles. The van der Waals surface area contributed by atoms with Crippen molar-refractivity contribution in [1.82, 2.24) is 15.2 Å². The van der Waals surface area contributed by atoms with Crippen LogP contribution in [0, 0.1) is 0 Å². The van der Waals surface area contributed by atoms with E-state index in [9.17, 15) is 0 Å². The standard InChI is InChI=1S/C13H18BrN3.2ClH/c1-2-3-12(17-8-6-15-7-9-17)11-4-5-13(14)16-10-11;;/h2,4-5,10,12,15H,1,3,6-9H2;2*1H/t12-;;/m1../s1. The Morgan fingerprint density at radius 1 is 1.37 bits per heavy atom. The molecule has 19 heavy (non-hydrogen) atoms. The first-order valence-corrected chi connectivity index (χ1v) is 6.77. The summed E-state index contributed by atoms with van der Waals surface area (Å²) in [4.78, 5) is 6.82. The van der Waals surface area contributed by atoms with Crippen molar-refractivity contribution in [2.75, 3.05) is 26.2 Å². The van der Waals surface area contributed by atoms with Gasteiger partial charge in [-0.05, 0) is 34.0 Å². The number of rotatable bonds is 4. The molecule has 1 aliphatic rings. The maximum atomic E-state index is 4.32. The lowest BCUT2D eigenvalue weighted by Crippen LogP contribution is -2.45. The molecule has 0 aliphatic carbocycles. The lowest BCUT2D eigenvalue weighted by molar-refractivity contribution is 0.174. The Balaban J connectivity index is 0.00000162. The second kappa shape index (κ2) is 9.72. The molecule has 0 aromatic carbocycles. The second-order valence-corrected chi connectivity index (χ2v) is 5.05. The Hall–Kier alpha value is -0.130. The minimum absolute atomic E-state index is 0. The zero-order chi connectivity index (χ0) is 12.1. The molecule has 1 saturated heterocycles. The zero-order valence-corrected chi connectivity index (χ0v) is 13.9. The largest absolute Gasteiger partial charge is 0.314 e. The van der Waals surface area contributed by atoms with Crippen LogP contribution in [0.15, 0.2) is 35.6 Å². The molecule has 2 rings (SSSR count). The number of aromatic nitrogens is 1. The van der Waals surface area contributed by atoms with E-state index in [-0.39, 0.29) is 24.8 Å². The quantitative estimate of drug-likeness (QED) is 0.653. The Labute approximate surface area is 135 Å². The van der Waals surface area contributed by atoms with Gasteiger partial charge in [0.25, 0.3) is 0 Å². The first-order valence-electron chi connectivity index (χ1n) is 5.98. The Kier molecular flexibility index (Phi) is 9.66. The number of pyridine rings is 1. The van der Waals surface area contributed by atoms with Gasteiger partial charge < -0.3 is 5.32 Å². The van der Waals surface area contributed by atoms with Crippen LogP contribution >= 0.6 is 40.7 Å². The lowest BCUT2D eigenvalue weighted by atomic mass is 10.0. The minimum Gasteiger partial charge on any atom is -0.314 e. The minimum atomic E-state index is 0. The molecular weight excluding hydrogens is 349 g/mol. The predicted octanol–water partition coefficient (Wildman–Crippen LogP) is 3.21. The van der Waals surface area contributed by atoms with Crippen LogP contribution in [-0.2, 0) is 0 Å². The van der Waals surface area contributed by atoms with Gasteiger partial charge >= 0.3 is 0 Å². The number of nitrogens with zero attached hydrogens (tertiary/aromatic N) is 2. The van der Waals surface area contributed by atoms with E-state index in [4.69, 9.17) is 0 Å². The highest BCUT2D eigenvalue weighted by Crippen LogP contribution is 2.25. The molecular formula is C13H20BrCl2N3. The van der Waals surface area contributed by atoms with Gasteiger partial charge in [-0.2, -0.15) is 0 Å². The number of piperazine rings is 1. The summed E-state index contributed by atoms with van der Waals surface area (Å²) in [7, 11) is 0. The molecule has 0 unspecified atom stereocenters. The van der Waals surface area contributed by atoms with Gasteiger partial charge in [0, 0.05) is 38.4 Å². The number of hydrogen-bond acceptors (Lipinski definition) is 3. The van der Waals surface area contributed by atoms with Crippen molar-refractivity contribution < 1.29 is 0 Å². The monoisotopic (exact) mass is 367 g/mol. The molecule has 1 N–H and O–H groups in total. The molecule has 3 nitrogen and oxygen atoms in total. The predicted molar refractivity (Wildman–Crippen MR) is 88.4 cm³/mol. The Bertz CT molecular complexity index is 367. The van der Waals surface area contributed by atoms with E-state index in [1.807, 2.05) is 18.3 Å². The Morgan fingerprint density at radius 2 is 2.05 bits per heavy atom. The maximum absolute atomic E-state index is 4.32. The van der Waals surface area contributed by atoms with Crippen molar-refractivity contribution in [3.63, 3.8) is 0 Å². The fourth-order valence-corrected chi connectivity index (χ4v) is 2.47. The summed E-state index contributed by atoms with van der Waals surface area (Å²) in [5, 5.41) is 3.38. The van der Waals surface area contributed by atoms with E-state index in [0.717, 1.165) is 37.2 Å². The first-order chi connectivity index (χ1) is 8.31. The van der Waals surface area contributed by atoms with Gasteiger partial charge in [0.1, 0.15) is 4.60 Å². The average Bonchev–Trinajstić information content (AvgIpc) is 2.38. The van der Waals surface area contributed by atoms with Crippen molar-refractivity contribution in [1.29, 1.82) is 0 Å². The second-order valence-electron chi connectivity index (χ2n) is 4.24. The van der Waals surface area contributed by atoms with E-state index in [0.29, 0.717) is 6.04 Å². The third-order valence-electron chi connectivity index (χ3n) is 3.12. The third-order valence-corrected chi connectivity index (χ3v) is 3.59. The van der Waals surface area contributed by atoms with E-state index >= 15 is 0 Å². The van der Waals surface area contributed by atoms with Gasteiger partial charge in [0.05, 0.1) is 0 Å². The van der Waals surface area contributed by atoms with Crippen molar-refractivity contribution >= 4 is 40.7 Å². The summed E-state index contributed by atoms with van der Waals surface area (Å²) in [6.07, 6.45) is 4.93. The van der Waals surface area contributed by atoms with Crippen LogP contribution in [0.25, 0.3) is 0 Å². The molecule has 2 heterocycles. The highest BCUT2D eigenvalue weighted by molar-refractivity contribution is 9.10. The number of nitrogens with one attached hydrogen (secondary N) is 1. The van der Waals surface area contributed by atoms with Gasteiger partial charge in [-0.25, -0.2) is 4.98 Å². The molecule has 1 fully saturated rings. The van der Waals surface area contributed by atoms with Crippen LogP contribution in [0.3, 0.4) is 0 Å². The lowest BCUT2D eigenvalue weighted by Gasteiger charge is -2.34. The van der Waals surface area contributed by atoms with Crippen LogP contribution in [0.5, 0.6) is 0 Å². The molecule has 1 atom stereocenters. The number of hydrogen-bond donors (Lipinski definition) is 1. The van der Waals surface area contributed by atoms with Crippen LogP contribution in [-0.4, -0.2) is 36.1 Å².